The van der Waals surface area contributed by atoms with Gasteiger partial charge in [-0.25, -0.2) is 4.98 Å². The summed E-state index contributed by atoms with van der Waals surface area (Å²) in [5.41, 5.74) is 3.81. The second kappa shape index (κ2) is 6.57. The summed E-state index contributed by atoms with van der Waals surface area (Å²) >= 11 is 6.25. The van der Waals surface area contributed by atoms with Crippen LogP contribution in [-0.4, -0.2) is 14.1 Å². The molecule has 0 N–H and O–H groups in total. The summed E-state index contributed by atoms with van der Waals surface area (Å²) in [4.78, 5) is 4.41. The Kier molecular flexibility index (Phi) is 4.26. The lowest BCUT2D eigenvalue weighted by atomic mass is 10.1. The number of aryl methyl sites for hydroxylation is 4. The normalized spacial score (nSPS) is 11.6. The van der Waals surface area contributed by atoms with Crippen molar-refractivity contribution < 1.29 is 0 Å². The second-order valence-corrected chi connectivity index (χ2v) is 7.01. The van der Waals surface area contributed by atoms with Gasteiger partial charge in [0, 0.05) is 58.7 Å². The summed E-state index contributed by atoms with van der Waals surface area (Å²) in [6, 6.07) is 12.9. The lowest BCUT2D eigenvalue weighted by Gasteiger charge is -2.10. The van der Waals surface area contributed by atoms with Crippen LogP contribution in [0.2, 0.25) is 5.02 Å². The van der Waals surface area contributed by atoms with Gasteiger partial charge in [-0.15, -0.1) is 0 Å². The van der Waals surface area contributed by atoms with E-state index in [1.807, 2.05) is 12.3 Å². The van der Waals surface area contributed by atoms with E-state index in [1.165, 1.54) is 27.4 Å². The molecule has 128 valence electrons. The van der Waals surface area contributed by atoms with Crippen LogP contribution in [0, 0.1) is 6.92 Å². The number of fused-ring (bicyclic) bond motifs is 3. The average Bonchev–Trinajstić information content (AvgIpc) is 3.17. The monoisotopic (exact) mass is 351 g/mol. The van der Waals surface area contributed by atoms with Gasteiger partial charge in [-0.2, -0.15) is 0 Å². The van der Waals surface area contributed by atoms with Gasteiger partial charge in [-0.1, -0.05) is 30.2 Å². The molecule has 0 saturated heterocycles. The van der Waals surface area contributed by atoms with Crippen LogP contribution in [-0.2, 0) is 19.5 Å². The second-order valence-electron chi connectivity index (χ2n) is 6.58. The summed E-state index contributed by atoms with van der Waals surface area (Å²) in [5, 5.41) is 3.32. The molecule has 0 aliphatic heterocycles. The number of halogens is 1. The largest absolute Gasteiger partial charge is 0.340 e. The van der Waals surface area contributed by atoms with Gasteiger partial charge in [0.2, 0.25) is 0 Å². The highest BCUT2D eigenvalue weighted by molar-refractivity contribution is 6.31. The quantitative estimate of drug-likeness (QED) is 0.458. The third-order valence-electron chi connectivity index (χ3n) is 4.88. The Morgan fingerprint density at radius 1 is 1.00 bits per heavy atom. The van der Waals surface area contributed by atoms with Crippen molar-refractivity contribution in [3.63, 3.8) is 0 Å². The Balaban J connectivity index is 1.70. The van der Waals surface area contributed by atoms with E-state index in [4.69, 9.17) is 11.6 Å². The molecule has 0 fully saturated rings. The fraction of sp³-hybridized carbons (Fsp3) is 0.286. The summed E-state index contributed by atoms with van der Waals surface area (Å²) in [7, 11) is 0. The standard InChI is InChI=1S/C21H22ClN3/c1-3-21-23-9-12-24(21)10-4-11-25-19-7-5-15(2)13-17(19)18-14-16(22)6-8-20(18)25/h5-9,12-14H,3-4,10-11H2,1-2H3. The molecule has 0 spiro atoms. The maximum absolute atomic E-state index is 6.25. The Labute approximate surface area is 152 Å². The third-order valence-corrected chi connectivity index (χ3v) is 5.12. The van der Waals surface area contributed by atoms with E-state index < -0.39 is 0 Å². The maximum atomic E-state index is 6.25. The van der Waals surface area contributed by atoms with Crippen molar-refractivity contribution in [2.24, 2.45) is 0 Å². The Morgan fingerprint density at radius 3 is 2.56 bits per heavy atom. The van der Waals surface area contributed by atoms with E-state index in [0.717, 1.165) is 36.8 Å². The number of nitrogens with zero attached hydrogens (tertiary/aromatic N) is 3. The molecule has 2 heterocycles. The van der Waals surface area contributed by atoms with Gasteiger partial charge in [0.1, 0.15) is 5.82 Å². The molecule has 0 aliphatic carbocycles. The van der Waals surface area contributed by atoms with Crippen molar-refractivity contribution in [2.75, 3.05) is 0 Å². The molecule has 2 aromatic carbocycles. The van der Waals surface area contributed by atoms with Crippen LogP contribution in [0.3, 0.4) is 0 Å². The average molecular weight is 352 g/mol. The molecule has 4 rings (SSSR count). The zero-order chi connectivity index (χ0) is 17.4. The first-order chi connectivity index (χ1) is 12.2. The van der Waals surface area contributed by atoms with Crippen LogP contribution in [0.15, 0.2) is 48.8 Å². The van der Waals surface area contributed by atoms with Crippen molar-refractivity contribution in [3.8, 4) is 0 Å². The highest BCUT2D eigenvalue weighted by Gasteiger charge is 2.11. The van der Waals surface area contributed by atoms with Gasteiger partial charge in [-0.05, 0) is 43.7 Å². The zero-order valence-corrected chi connectivity index (χ0v) is 15.4. The van der Waals surface area contributed by atoms with Gasteiger partial charge in [0.25, 0.3) is 0 Å². The fourth-order valence-corrected chi connectivity index (χ4v) is 3.86. The predicted molar refractivity (Wildman–Crippen MR) is 105 cm³/mol. The lowest BCUT2D eigenvalue weighted by molar-refractivity contribution is 0.565. The van der Waals surface area contributed by atoms with Crippen LogP contribution in [0.5, 0.6) is 0 Å². The molecule has 0 aliphatic rings. The highest BCUT2D eigenvalue weighted by Crippen LogP contribution is 2.32. The minimum absolute atomic E-state index is 0.791. The molecule has 25 heavy (non-hydrogen) atoms. The van der Waals surface area contributed by atoms with Crippen LogP contribution < -0.4 is 0 Å². The van der Waals surface area contributed by atoms with E-state index in [1.54, 1.807) is 0 Å². The van der Waals surface area contributed by atoms with Crippen molar-refractivity contribution >= 4 is 33.4 Å². The third kappa shape index (κ3) is 2.93. The van der Waals surface area contributed by atoms with Gasteiger partial charge >= 0.3 is 0 Å². The number of imidazole rings is 1. The van der Waals surface area contributed by atoms with E-state index >= 15 is 0 Å². The van der Waals surface area contributed by atoms with Crippen LogP contribution in [0.25, 0.3) is 21.8 Å². The predicted octanol–water partition coefficient (Wildman–Crippen LogP) is 5.61. The van der Waals surface area contributed by atoms with E-state index in [0.29, 0.717) is 0 Å². The van der Waals surface area contributed by atoms with Crippen LogP contribution >= 0.6 is 11.6 Å². The molecule has 0 amide bonds. The Morgan fingerprint density at radius 2 is 1.76 bits per heavy atom. The first kappa shape index (κ1) is 16.2. The minimum atomic E-state index is 0.791. The molecule has 0 radical (unpaired) electrons. The topological polar surface area (TPSA) is 22.8 Å². The number of hydrogen-bond acceptors (Lipinski definition) is 1. The molecule has 0 unspecified atom stereocenters. The summed E-state index contributed by atoms with van der Waals surface area (Å²) in [5.74, 6) is 1.16. The molecule has 4 aromatic rings. The minimum Gasteiger partial charge on any atom is -0.340 e. The van der Waals surface area contributed by atoms with Gasteiger partial charge in [-0.3, -0.25) is 0 Å². The van der Waals surface area contributed by atoms with Crippen LogP contribution in [0.4, 0.5) is 0 Å². The first-order valence-electron chi connectivity index (χ1n) is 8.85. The fourth-order valence-electron chi connectivity index (χ4n) is 3.69. The molecule has 4 heteroatoms. The maximum Gasteiger partial charge on any atom is 0.108 e. The lowest BCUT2D eigenvalue weighted by Crippen LogP contribution is -2.06. The highest BCUT2D eigenvalue weighted by atomic mass is 35.5. The van der Waals surface area contributed by atoms with Crippen molar-refractivity contribution in [2.45, 2.75) is 39.8 Å². The molecule has 3 nitrogen and oxygen atoms in total. The van der Waals surface area contributed by atoms with Gasteiger partial charge < -0.3 is 9.13 Å². The summed E-state index contributed by atoms with van der Waals surface area (Å²) in [6.45, 7) is 6.26. The Hall–Kier alpha value is -2.26. The van der Waals surface area contributed by atoms with E-state index in [-0.39, 0.29) is 0 Å². The van der Waals surface area contributed by atoms with Crippen molar-refractivity contribution in [1.29, 1.82) is 0 Å². The summed E-state index contributed by atoms with van der Waals surface area (Å²) in [6.07, 6.45) is 6.01. The number of rotatable bonds is 5. The van der Waals surface area contributed by atoms with Gasteiger partial charge in [0.05, 0.1) is 0 Å². The zero-order valence-electron chi connectivity index (χ0n) is 14.7. The Bertz CT molecular complexity index is 983. The molecular formula is C21H22ClN3. The number of hydrogen-bond donors (Lipinski definition) is 0. The molecule has 0 atom stereocenters. The van der Waals surface area contributed by atoms with E-state index in [9.17, 15) is 0 Å². The van der Waals surface area contributed by atoms with Crippen LogP contribution in [0.1, 0.15) is 24.7 Å². The number of aromatic nitrogens is 3. The van der Waals surface area contributed by atoms with E-state index in [2.05, 4.69) is 64.5 Å². The first-order valence-corrected chi connectivity index (χ1v) is 9.23. The summed E-state index contributed by atoms with van der Waals surface area (Å²) < 4.78 is 4.68. The molecule has 0 bridgehead atoms. The SMILES string of the molecule is CCc1nccn1CCCn1c2ccc(C)cc2c2cc(Cl)ccc21. The van der Waals surface area contributed by atoms with Crippen molar-refractivity contribution in [1.82, 2.24) is 14.1 Å². The molecular weight excluding hydrogens is 330 g/mol. The van der Waals surface area contributed by atoms with Crippen molar-refractivity contribution in [3.05, 3.63) is 65.2 Å². The number of benzene rings is 2. The molecule has 0 saturated carbocycles. The molecule has 2 aromatic heterocycles. The van der Waals surface area contributed by atoms with Gasteiger partial charge in [0.15, 0.2) is 0 Å². The smallest absolute Gasteiger partial charge is 0.108 e.